The van der Waals surface area contributed by atoms with Crippen LogP contribution in [0, 0.1) is 0 Å². The van der Waals surface area contributed by atoms with Crippen molar-refractivity contribution in [3.63, 3.8) is 0 Å². The highest BCUT2D eigenvalue weighted by Crippen LogP contribution is 2.24. The van der Waals surface area contributed by atoms with E-state index in [2.05, 4.69) is 4.98 Å². The summed E-state index contributed by atoms with van der Waals surface area (Å²) in [5.41, 5.74) is 5.54. The van der Waals surface area contributed by atoms with Crippen LogP contribution in [0.15, 0.2) is 22.6 Å². The Hall–Kier alpha value is -2.04. The van der Waals surface area contributed by atoms with Gasteiger partial charge in [-0.05, 0) is 12.1 Å². The molecule has 3 N–H and O–H groups in total. The van der Waals surface area contributed by atoms with E-state index >= 15 is 0 Å². The number of benzene rings is 1. The molecule has 5 nitrogen and oxygen atoms in total. The van der Waals surface area contributed by atoms with Crippen molar-refractivity contribution in [3.8, 4) is 5.75 Å². The van der Waals surface area contributed by atoms with Crippen molar-refractivity contribution in [2.24, 2.45) is 5.73 Å². The molecule has 13 heavy (non-hydrogen) atoms. The number of nitrogens with two attached hydrogens (primary N) is 1. The van der Waals surface area contributed by atoms with Crippen molar-refractivity contribution in [2.75, 3.05) is 0 Å². The van der Waals surface area contributed by atoms with E-state index in [9.17, 15) is 9.90 Å². The third-order valence-electron chi connectivity index (χ3n) is 1.60. The van der Waals surface area contributed by atoms with Crippen LogP contribution in [0.4, 0.5) is 0 Å². The number of para-hydroxylation sites is 1. The minimum absolute atomic E-state index is 0.0579. The van der Waals surface area contributed by atoms with E-state index < -0.39 is 5.91 Å². The summed E-state index contributed by atoms with van der Waals surface area (Å²) < 4.78 is 4.92. The Labute approximate surface area is 72.8 Å². The second-order valence-corrected chi connectivity index (χ2v) is 2.51. The Morgan fingerprint density at radius 3 is 2.92 bits per heavy atom. The molecule has 0 unspecified atom stereocenters. The molecule has 2 aromatic rings. The molecule has 1 heterocycles. The molecule has 0 radical (unpaired) electrons. The number of phenols is 1. The van der Waals surface area contributed by atoms with E-state index in [1.807, 2.05) is 0 Å². The van der Waals surface area contributed by atoms with E-state index in [1.165, 1.54) is 6.07 Å². The number of aromatic hydroxyl groups is 1. The molecule has 0 fully saturated rings. The molecule has 66 valence electrons. The molecule has 0 aliphatic rings. The molecular weight excluding hydrogens is 172 g/mol. The van der Waals surface area contributed by atoms with Gasteiger partial charge in [-0.1, -0.05) is 6.07 Å². The lowest BCUT2D eigenvalue weighted by molar-refractivity contribution is 0.0969. The summed E-state index contributed by atoms with van der Waals surface area (Å²) in [7, 11) is 0. The van der Waals surface area contributed by atoms with Gasteiger partial charge < -0.3 is 15.3 Å². The summed E-state index contributed by atoms with van der Waals surface area (Å²) in [6.45, 7) is 0. The van der Waals surface area contributed by atoms with Gasteiger partial charge >= 0.3 is 5.91 Å². The van der Waals surface area contributed by atoms with Gasteiger partial charge in [0.2, 0.25) is 0 Å². The first kappa shape index (κ1) is 7.60. The van der Waals surface area contributed by atoms with Crippen LogP contribution >= 0.6 is 0 Å². The zero-order chi connectivity index (χ0) is 9.42. The molecule has 0 spiro atoms. The van der Waals surface area contributed by atoms with Gasteiger partial charge in [-0.3, -0.25) is 4.79 Å². The molecule has 1 aromatic carbocycles. The molecular formula is C8H6N2O3. The zero-order valence-corrected chi connectivity index (χ0v) is 6.52. The van der Waals surface area contributed by atoms with Crippen molar-refractivity contribution in [1.29, 1.82) is 0 Å². The molecule has 5 heteroatoms. The van der Waals surface area contributed by atoms with Gasteiger partial charge in [-0.25, -0.2) is 4.98 Å². The van der Waals surface area contributed by atoms with E-state index in [0.29, 0.717) is 5.52 Å². The number of primary amides is 1. The number of oxazole rings is 1. The summed E-state index contributed by atoms with van der Waals surface area (Å²) in [6, 6.07) is 4.66. The van der Waals surface area contributed by atoms with Crippen LogP contribution in [0.25, 0.3) is 11.1 Å². The lowest BCUT2D eigenvalue weighted by Crippen LogP contribution is -2.10. The quantitative estimate of drug-likeness (QED) is 0.670. The summed E-state index contributed by atoms with van der Waals surface area (Å²) in [5, 5.41) is 9.28. The number of hydrogen-bond acceptors (Lipinski definition) is 4. The minimum atomic E-state index is -0.754. The average Bonchev–Trinajstić information content (AvgIpc) is 2.49. The van der Waals surface area contributed by atoms with E-state index in [1.54, 1.807) is 12.1 Å². The molecule has 0 atom stereocenters. The van der Waals surface area contributed by atoms with Gasteiger partial charge in [0.25, 0.3) is 5.89 Å². The van der Waals surface area contributed by atoms with Crippen molar-refractivity contribution in [1.82, 2.24) is 4.98 Å². The fourth-order valence-corrected chi connectivity index (χ4v) is 1.04. The molecule has 0 saturated carbocycles. The second-order valence-electron chi connectivity index (χ2n) is 2.51. The van der Waals surface area contributed by atoms with Crippen molar-refractivity contribution in [2.45, 2.75) is 0 Å². The number of nitrogens with zero attached hydrogens (tertiary/aromatic N) is 1. The highest BCUT2D eigenvalue weighted by molar-refractivity contribution is 5.92. The second kappa shape index (κ2) is 2.48. The smallest absolute Gasteiger partial charge is 0.304 e. The van der Waals surface area contributed by atoms with Crippen LogP contribution in [-0.4, -0.2) is 16.0 Å². The minimum Gasteiger partial charge on any atom is -0.504 e. The molecule has 1 amide bonds. The maximum Gasteiger partial charge on any atom is 0.304 e. The summed E-state index contributed by atoms with van der Waals surface area (Å²) in [5.74, 6) is -1.01. The Balaban J connectivity index is 2.75. The van der Waals surface area contributed by atoms with E-state index in [0.717, 1.165) is 0 Å². The number of rotatable bonds is 1. The monoisotopic (exact) mass is 178 g/mol. The third kappa shape index (κ3) is 1.10. The number of aromatic nitrogens is 1. The molecule has 0 saturated heterocycles. The number of phenolic OH excluding ortho intramolecular Hbond substituents is 1. The van der Waals surface area contributed by atoms with Crippen molar-refractivity contribution >= 4 is 17.0 Å². The maximum absolute atomic E-state index is 10.7. The molecule has 2 rings (SSSR count). The Kier molecular flexibility index (Phi) is 1.45. The number of amides is 1. The topological polar surface area (TPSA) is 89.4 Å². The number of carbonyl (C=O) groups is 1. The Morgan fingerprint density at radius 2 is 2.31 bits per heavy atom. The predicted octanol–water partition coefficient (Wildman–Crippen LogP) is 0.632. The summed E-state index contributed by atoms with van der Waals surface area (Å²) >= 11 is 0. The Morgan fingerprint density at radius 1 is 1.54 bits per heavy atom. The van der Waals surface area contributed by atoms with Gasteiger partial charge in [-0.2, -0.15) is 0 Å². The highest BCUT2D eigenvalue weighted by Gasteiger charge is 2.12. The lowest BCUT2D eigenvalue weighted by atomic mass is 10.3. The first-order valence-corrected chi connectivity index (χ1v) is 3.57. The number of fused-ring (bicyclic) bond motifs is 1. The largest absolute Gasteiger partial charge is 0.504 e. The van der Waals surface area contributed by atoms with E-state index in [-0.39, 0.29) is 17.2 Å². The van der Waals surface area contributed by atoms with Crippen LogP contribution in [0.1, 0.15) is 10.7 Å². The van der Waals surface area contributed by atoms with Crippen molar-refractivity contribution < 1.29 is 14.3 Å². The lowest BCUT2D eigenvalue weighted by Gasteiger charge is -1.88. The molecule has 1 aromatic heterocycles. The molecule has 0 aliphatic carbocycles. The van der Waals surface area contributed by atoms with Crippen LogP contribution in [0.3, 0.4) is 0 Å². The van der Waals surface area contributed by atoms with E-state index in [4.69, 9.17) is 10.2 Å². The fraction of sp³-hybridized carbons (Fsp3) is 0. The zero-order valence-electron chi connectivity index (χ0n) is 6.52. The van der Waals surface area contributed by atoms with Gasteiger partial charge in [0.15, 0.2) is 11.3 Å². The fourth-order valence-electron chi connectivity index (χ4n) is 1.04. The van der Waals surface area contributed by atoms with Crippen molar-refractivity contribution in [3.05, 3.63) is 24.1 Å². The van der Waals surface area contributed by atoms with Crippen LogP contribution in [-0.2, 0) is 0 Å². The maximum atomic E-state index is 10.7. The van der Waals surface area contributed by atoms with Gasteiger partial charge in [0, 0.05) is 0 Å². The van der Waals surface area contributed by atoms with Gasteiger partial charge in [-0.15, -0.1) is 0 Å². The average molecular weight is 178 g/mol. The van der Waals surface area contributed by atoms with Gasteiger partial charge in [0.05, 0.1) is 0 Å². The number of carbonyl (C=O) groups excluding carboxylic acids is 1. The Bertz CT molecular complexity index is 475. The van der Waals surface area contributed by atoms with Gasteiger partial charge in [0.1, 0.15) is 5.52 Å². The normalized spacial score (nSPS) is 10.5. The standard InChI is InChI=1S/C8H6N2O3/c9-7(12)8-10-4-2-1-3-5(11)6(4)13-8/h1-3,11H,(H2,9,12). The first-order chi connectivity index (χ1) is 6.18. The van der Waals surface area contributed by atoms with Crippen LogP contribution < -0.4 is 5.73 Å². The molecule has 0 bridgehead atoms. The predicted molar refractivity (Wildman–Crippen MR) is 44.2 cm³/mol. The molecule has 0 aliphatic heterocycles. The van der Waals surface area contributed by atoms with Crippen LogP contribution in [0.2, 0.25) is 0 Å². The number of hydrogen-bond donors (Lipinski definition) is 2. The summed E-state index contributed by atoms with van der Waals surface area (Å²) in [4.78, 5) is 14.4. The van der Waals surface area contributed by atoms with Crippen LogP contribution in [0.5, 0.6) is 5.75 Å². The SMILES string of the molecule is NC(=O)c1nc2cccc(O)c2o1. The first-order valence-electron chi connectivity index (χ1n) is 3.57. The third-order valence-corrected chi connectivity index (χ3v) is 1.60. The highest BCUT2D eigenvalue weighted by atomic mass is 16.4. The summed E-state index contributed by atoms with van der Waals surface area (Å²) in [6.07, 6.45) is 0.